The Bertz CT molecular complexity index is 671. The fourth-order valence-electron chi connectivity index (χ4n) is 2.13. The van der Waals surface area contributed by atoms with E-state index in [2.05, 4.69) is 39.7 Å². The van der Waals surface area contributed by atoms with Crippen molar-refractivity contribution < 1.29 is 4.52 Å². The molecule has 104 valence electrons. The van der Waals surface area contributed by atoms with Crippen LogP contribution in [0.2, 0.25) is 0 Å². The highest BCUT2D eigenvalue weighted by atomic mass is 32.1. The second-order valence-electron chi connectivity index (χ2n) is 4.78. The molecule has 1 atom stereocenters. The lowest BCUT2D eigenvalue weighted by atomic mass is 10.1. The Balaban J connectivity index is 1.79. The van der Waals surface area contributed by atoms with Gasteiger partial charge in [0.15, 0.2) is 0 Å². The molecule has 0 aliphatic heterocycles. The van der Waals surface area contributed by atoms with Crippen molar-refractivity contribution in [3.63, 3.8) is 0 Å². The number of thiophene rings is 1. The van der Waals surface area contributed by atoms with Crippen molar-refractivity contribution >= 4 is 11.3 Å². The summed E-state index contributed by atoms with van der Waals surface area (Å²) in [7, 11) is 0. The first-order valence-electron chi connectivity index (χ1n) is 6.62. The van der Waals surface area contributed by atoms with Gasteiger partial charge in [0.2, 0.25) is 11.7 Å². The van der Waals surface area contributed by atoms with Crippen molar-refractivity contribution in [1.29, 1.82) is 0 Å². The Morgan fingerprint density at radius 1 is 1.40 bits per heavy atom. The van der Waals surface area contributed by atoms with Crippen LogP contribution in [0.5, 0.6) is 0 Å². The van der Waals surface area contributed by atoms with Crippen molar-refractivity contribution in [3.05, 3.63) is 40.9 Å². The summed E-state index contributed by atoms with van der Waals surface area (Å²) < 4.78 is 7.42. The van der Waals surface area contributed by atoms with Crippen LogP contribution in [0.15, 0.2) is 34.0 Å². The van der Waals surface area contributed by atoms with Crippen LogP contribution in [0.25, 0.3) is 11.4 Å². The van der Waals surface area contributed by atoms with E-state index in [9.17, 15) is 0 Å². The molecule has 3 aromatic rings. The number of aromatic nitrogens is 4. The minimum absolute atomic E-state index is 0.161. The number of hydrogen-bond acceptors (Lipinski definition) is 5. The molecule has 0 aliphatic carbocycles. The molecular weight excluding hydrogens is 272 g/mol. The molecule has 3 rings (SSSR count). The number of nitrogens with zero attached hydrogens (tertiary/aromatic N) is 4. The molecular formula is C14H16N4OS. The molecule has 0 saturated heterocycles. The first-order chi connectivity index (χ1) is 9.78. The van der Waals surface area contributed by atoms with E-state index in [0.717, 1.165) is 18.5 Å². The molecule has 20 heavy (non-hydrogen) atoms. The third kappa shape index (κ3) is 2.51. The monoisotopic (exact) mass is 288 g/mol. The molecule has 0 amide bonds. The average Bonchev–Trinajstić information content (AvgIpc) is 3.19. The normalized spacial score (nSPS) is 12.7. The van der Waals surface area contributed by atoms with Crippen LogP contribution in [0.1, 0.15) is 31.2 Å². The van der Waals surface area contributed by atoms with Crippen LogP contribution in [-0.4, -0.2) is 19.7 Å². The summed E-state index contributed by atoms with van der Waals surface area (Å²) in [4.78, 5) is 8.57. The summed E-state index contributed by atoms with van der Waals surface area (Å²) in [5, 5.41) is 8.33. The zero-order valence-corrected chi connectivity index (χ0v) is 12.3. The van der Waals surface area contributed by atoms with Crippen LogP contribution in [-0.2, 0) is 13.0 Å². The van der Waals surface area contributed by atoms with E-state index >= 15 is 0 Å². The lowest BCUT2D eigenvalue weighted by Gasteiger charge is -2.06. The highest BCUT2D eigenvalue weighted by molar-refractivity contribution is 7.08. The molecule has 5 nitrogen and oxygen atoms in total. The molecule has 0 spiro atoms. The molecule has 3 aromatic heterocycles. The van der Waals surface area contributed by atoms with E-state index in [-0.39, 0.29) is 5.92 Å². The topological polar surface area (TPSA) is 56.7 Å². The highest BCUT2D eigenvalue weighted by Gasteiger charge is 2.17. The Kier molecular flexibility index (Phi) is 3.64. The molecule has 0 bridgehead atoms. The molecule has 0 aliphatic rings. The lowest BCUT2D eigenvalue weighted by molar-refractivity contribution is 0.347. The molecule has 0 radical (unpaired) electrons. The van der Waals surface area contributed by atoms with Gasteiger partial charge in [0.1, 0.15) is 0 Å². The van der Waals surface area contributed by atoms with E-state index in [1.54, 1.807) is 23.9 Å². The number of rotatable bonds is 5. The quantitative estimate of drug-likeness (QED) is 0.722. The van der Waals surface area contributed by atoms with Gasteiger partial charge < -0.3 is 9.09 Å². The predicted molar refractivity (Wildman–Crippen MR) is 77.6 cm³/mol. The smallest absolute Gasteiger partial charge is 0.231 e. The van der Waals surface area contributed by atoms with Crippen LogP contribution < -0.4 is 0 Å². The standard InChI is InChI=1S/C14H16N4OS/c1-3-11-7-20-8-12(11)13-16-14(19-17-13)10(2)6-18-5-4-15-9-18/h4-5,7-10H,3,6H2,1-2H3. The van der Waals surface area contributed by atoms with Crippen molar-refractivity contribution in [2.75, 3.05) is 0 Å². The van der Waals surface area contributed by atoms with Crippen LogP contribution in [0.3, 0.4) is 0 Å². The van der Waals surface area contributed by atoms with Gasteiger partial charge in [-0.05, 0) is 17.4 Å². The second-order valence-corrected chi connectivity index (χ2v) is 5.52. The van der Waals surface area contributed by atoms with Crippen LogP contribution in [0.4, 0.5) is 0 Å². The summed E-state index contributed by atoms with van der Waals surface area (Å²) >= 11 is 1.67. The second kappa shape index (κ2) is 5.58. The molecule has 1 unspecified atom stereocenters. The third-order valence-corrected chi connectivity index (χ3v) is 4.06. The summed E-state index contributed by atoms with van der Waals surface area (Å²) in [6.45, 7) is 4.99. The van der Waals surface area contributed by atoms with Crippen molar-refractivity contribution in [2.24, 2.45) is 0 Å². The van der Waals surface area contributed by atoms with E-state index < -0.39 is 0 Å². The summed E-state index contributed by atoms with van der Waals surface area (Å²) in [5.41, 5.74) is 2.35. The van der Waals surface area contributed by atoms with Gasteiger partial charge in [0.25, 0.3) is 0 Å². The van der Waals surface area contributed by atoms with E-state index in [4.69, 9.17) is 4.52 Å². The van der Waals surface area contributed by atoms with Gasteiger partial charge in [-0.15, -0.1) is 0 Å². The van der Waals surface area contributed by atoms with Gasteiger partial charge in [-0.25, -0.2) is 4.98 Å². The molecule has 0 saturated carbocycles. The van der Waals surface area contributed by atoms with Crippen LogP contribution >= 0.6 is 11.3 Å². The third-order valence-electron chi connectivity index (χ3n) is 3.27. The van der Waals surface area contributed by atoms with E-state index in [1.165, 1.54) is 5.56 Å². The summed E-state index contributed by atoms with van der Waals surface area (Å²) in [6.07, 6.45) is 6.47. The maximum absolute atomic E-state index is 5.41. The SMILES string of the molecule is CCc1cscc1-c1noc(C(C)Cn2ccnc2)n1. The van der Waals surface area contributed by atoms with Crippen molar-refractivity contribution in [2.45, 2.75) is 32.7 Å². The van der Waals surface area contributed by atoms with Gasteiger partial charge in [0, 0.05) is 29.9 Å². The minimum Gasteiger partial charge on any atom is -0.339 e. The Labute approximate surface area is 121 Å². The minimum atomic E-state index is 0.161. The fraction of sp³-hybridized carbons (Fsp3) is 0.357. The van der Waals surface area contributed by atoms with Crippen molar-refractivity contribution in [1.82, 2.24) is 19.7 Å². The summed E-state index contributed by atoms with van der Waals surface area (Å²) in [6, 6.07) is 0. The number of hydrogen-bond donors (Lipinski definition) is 0. The molecule has 0 fully saturated rings. The van der Waals surface area contributed by atoms with Gasteiger partial charge in [-0.2, -0.15) is 16.3 Å². The first-order valence-corrected chi connectivity index (χ1v) is 7.57. The average molecular weight is 288 g/mol. The molecule has 0 N–H and O–H groups in total. The lowest BCUT2D eigenvalue weighted by Crippen LogP contribution is -2.04. The number of aryl methyl sites for hydroxylation is 1. The largest absolute Gasteiger partial charge is 0.339 e. The molecule has 3 heterocycles. The Hall–Kier alpha value is -1.95. The fourth-order valence-corrected chi connectivity index (χ4v) is 3.05. The summed E-state index contributed by atoms with van der Waals surface area (Å²) in [5.74, 6) is 1.52. The van der Waals surface area contributed by atoms with Gasteiger partial charge in [-0.1, -0.05) is 19.0 Å². The maximum Gasteiger partial charge on any atom is 0.231 e. The van der Waals surface area contributed by atoms with Crippen molar-refractivity contribution in [3.8, 4) is 11.4 Å². The van der Waals surface area contributed by atoms with Gasteiger partial charge in [-0.3, -0.25) is 0 Å². The molecule has 6 heteroatoms. The maximum atomic E-state index is 5.41. The van der Waals surface area contributed by atoms with Gasteiger partial charge >= 0.3 is 0 Å². The van der Waals surface area contributed by atoms with E-state index in [0.29, 0.717) is 11.7 Å². The first kappa shape index (κ1) is 13.1. The van der Waals surface area contributed by atoms with Crippen LogP contribution in [0, 0.1) is 0 Å². The molecule has 0 aromatic carbocycles. The Morgan fingerprint density at radius 2 is 2.30 bits per heavy atom. The Morgan fingerprint density at radius 3 is 3.05 bits per heavy atom. The highest BCUT2D eigenvalue weighted by Crippen LogP contribution is 2.27. The van der Waals surface area contributed by atoms with Gasteiger partial charge in [0.05, 0.1) is 12.2 Å². The van der Waals surface area contributed by atoms with E-state index in [1.807, 2.05) is 10.8 Å². The number of imidazole rings is 1. The zero-order chi connectivity index (χ0) is 13.9. The zero-order valence-electron chi connectivity index (χ0n) is 11.5. The predicted octanol–water partition coefficient (Wildman–Crippen LogP) is 3.36.